The molecular formula is C15H14F2O2. The van der Waals surface area contributed by atoms with Gasteiger partial charge in [0.15, 0.2) is 0 Å². The Morgan fingerprint density at radius 3 is 2.42 bits per heavy atom. The molecule has 0 heterocycles. The van der Waals surface area contributed by atoms with Gasteiger partial charge in [-0.1, -0.05) is 36.4 Å². The highest BCUT2D eigenvalue weighted by molar-refractivity contribution is 5.89. The molecule has 1 N–H and O–H groups in total. The van der Waals surface area contributed by atoms with E-state index >= 15 is 0 Å². The molecule has 0 aliphatic carbocycles. The molecule has 19 heavy (non-hydrogen) atoms. The lowest BCUT2D eigenvalue weighted by molar-refractivity contribution is -0.139. The molecule has 0 spiro atoms. The zero-order valence-electron chi connectivity index (χ0n) is 10.5. The highest BCUT2D eigenvalue weighted by Gasteiger charge is 2.33. The average Bonchev–Trinajstić information content (AvgIpc) is 2.37. The fourth-order valence-electron chi connectivity index (χ4n) is 2.17. The van der Waals surface area contributed by atoms with Crippen LogP contribution in [0.2, 0.25) is 0 Å². The van der Waals surface area contributed by atoms with Gasteiger partial charge in [0.25, 0.3) is 5.92 Å². The van der Waals surface area contributed by atoms with E-state index in [9.17, 15) is 13.6 Å². The Labute approximate surface area is 109 Å². The molecule has 0 radical (unpaired) electrons. The number of carboxylic acid groups (broad SMARTS) is 1. The number of rotatable bonds is 4. The lowest BCUT2D eigenvalue weighted by Gasteiger charge is -2.18. The molecule has 2 aromatic rings. The quantitative estimate of drug-likeness (QED) is 0.902. The van der Waals surface area contributed by atoms with E-state index in [1.165, 1.54) is 6.07 Å². The van der Waals surface area contributed by atoms with Crippen LogP contribution in [0.1, 0.15) is 24.0 Å². The van der Waals surface area contributed by atoms with Gasteiger partial charge in [-0.3, -0.25) is 4.79 Å². The van der Waals surface area contributed by atoms with Crippen LogP contribution in [0.15, 0.2) is 36.4 Å². The van der Waals surface area contributed by atoms with Gasteiger partial charge in [-0.25, -0.2) is 8.78 Å². The number of hydrogen-bond donors (Lipinski definition) is 1. The van der Waals surface area contributed by atoms with E-state index in [4.69, 9.17) is 5.11 Å². The first-order valence-corrected chi connectivity index (χ1v) is 6.00. The molecule has 0 aliphatic heterocycles. The Morgan fingerprint density at radius 2 is 1.79 bits per heavy atom. The number of fused-ring (bicyclic) bond motifs is 1. The van der Waals surface area contributed by atoms with Crippen LogP contribution in [0.5, 0.6) is 0 Å². The summed E-state index contributed by atoms with van der Waals surface area (Å²) in [7, 11) is 0. The maximum atomic E-state index is 14.1. The second-order valence-corrected chi connectivity index (χ2v) is 4.57. The predicted octanol–water partition coefficient (Wildman–Crippen LogP) is 4.10. The van der Waals surface area contributed by atoms with Gasteiger partial charge in [-0.05, 0) is 23.3 Å². The smallest absolute Gasteiger partial charge is 0.303 e. The lowest BCUT2D eigenvalue weighted by Crippen LogP contribution is -2.16. The molecular weight excluding hydrogens is 250 g/mol. The largest absolute Gasteiger partial charge is 0.481 e. The highest BCUT2D eigenvalue weighted by Crippen LogP contribution is 2.38. The summed E-state index contributed by atoms with van der Waals surface area (Å²) in [5, 5.41) is 9.81. The number of hydrogen-bond acceptors (Lipinski definition) is 1. The Kier molecular flexibility index (Phi) is 3.51. The number of benzene rings is 2. The van der Waals surface area contributed by atoms with Crippen molar-refractivity contribution in [1.82, 2.24) is 0 Å². The van der Waals surface area contributed by atoms with Gasteiger partial charge in [0.05, 0.1) is 6.42 Å². The molecule has 0 atom stereocenters. The first-order chi connectivity index (χ1) is 8.92. The van der Waals surface area contributed by atoms with Gasteiger partial charge in [0, 0.05) is 12.0 Å². The fraction of sp³-hybridized carbons (Fsp3) is 0.267. The van der Waals surface area contributed by atoms with Crippen LogP contribution >= 0.6 is 0 Å². The second-order valence-electron chi connectivity index (χ2n) is 4.57. The van der Waals surface area contributed by atoms with Crippen LogP contribution in [-0.2, 0) is 10.7 Å². The molecule has 2 aromatic carbocycles. The van der Waals surface area contributed by atoms with Crippen LogP contribution in [0, 0.1) is 6.92 Å². The molecule has 2 rings (SSSR count). The maximum Gasteiger partial charge on any atom is 0.303 e. The van der Waals surface area contributed by atoms with Gasteiger partial charge < -0.3 is 5.11 Å². The summed E-state index contributed by atoms with van der Waals surface area (Å²) in [6.07, 6.45) is -1.23. The van der Waals surface area contributed by atoms with Gasteiger partial charge in [-0.2, -0.15) is 0 Å². The summed E-state index contributed by atoms with van der Waals surface area (Å²) >= 11 is 0. The van der Waals surface area contributed by atoms with Crippen molar-refractivity contribution in [3.05, 3.63) is 47.5 Å². The summed E-state index contributed by atoms with van der Waals surface area (Å²) in [5.74, 6) is -4.35. The van der Waals surface area contributed by atoms with Crippen LogP contribution < -0.4 is 0 Å². The van der Waals surface area contributed by atoms with Crippen LogP contribution in [0.4, 0.5) is 8.78 Å². The van der Waals surface area contributed by atoms with Crippen LogP contribution in [0.25, 0.3) is 10.8 Å². The molecule has 0 fully saturated rings. The monoisotopic (exact) mass is 264 g/mol. The van der Waals surface area contributed by atoms with Gasteiger partial charge in [0.2, 0.25) is 0 Å². The topological polar surface area (TPSA) is 37.3 Å². The van der Waals surface area contributed by atoms with E-state index < -0.39 is 24.7 Å². The first kappa shape index (κ1) is 13.5. The molecule has 0 saturated carbocycles. The third-order valence-electron chi connectivity index (χ3n) is 3.19. The summed E-state index contributed by atoms with van der Waals surface area (Å²) in [5.41, 5.74) is 0.823. The Balaban J connectivity index is 2.50. The van der Waals surface area contributed by atoms with Crippen LogP contribution in [-0.4, -0.2) is 11.1 Å². The first-order valence-electron chi connectivity index (χ1n) is 6.00. The van der Waals surface area contributed by atoms with Crippen molar-refractivity contribution >= 4 is 16.7 Å². The van der Waals surface area contributed by atoms with Crippen molar-refractivity contribution in [3.8, 4) is 0 Å². The van der Waals surface area contributed by atoms with E-state index in [1.807, 2.05) is 6.92 Å². The molecule has 2 nitrogen and oxygen atoms in total. The number of aliphatic carboxylic acids is 1. The molecule has 0 saturated heterocycles. The van der Waals surface area contributed by atoms with Crippen molar-refractivity contribution in [2.75, 3.05) is 0 Å². The summed E-state index contributed by atoms with van der Waals surface area (Å²) in [6.45, 7) is 1.86. The molecule has 0 aliphatic rings. The average molecular weight is 264 g/mol. The molecule has 0 unspecified atom stereocenters. The highest BCUT2D eigenvalue weighted by atomic mass is 19.3. The number of carboxylic acids is 1. The standard InChI is InChI=1S/C15H14F2O2/c1-10-6-7-13(12-5-3-2-4-11(10)12)15(16,17)9-8-14(18)19/h2-7H,8-9H2,1H3,(H,18,19). The second kappa shape index (κ2) is 4.96. The van der Waals surface area contributed by atoms with Crippen LogP contribution in [0.3, 0.4) is 0 Å². The third-order valence-corrected chi connectivity index (χ3v) is 3.19. The number of alkyl halides is 2. The summed E-state index contributed by atoms with van der Waals surface area (Å²) in [4.78, 5) is 10.5. The fourth-order valence-corrected chi connectivity index (χ4v) is 2.17. The lowest BCUT2D eigenvalue weighted by atomic mass is 9.94. The van der Waals surface area contributed by atoms with Gasteiger partial charge in [-0.15, -0.1) is 0 Å². The molecule has 0 bridgehead atoms. The van der Waals surface area contributed by atoms with Crippen molar-refractivity contribution in [2.45, 2.75) is 25.7 Å². The number of halogens is 2. The van der Waals surface area contributed by atoms with E-state index in [0.717, 1.165) is 10.9 Å². The van der Waals surface area contributed by atoms with Crippen molar-refractivity contribution in [2.24, 2.45) is 0 Å². The van der Waals surface area contributed by atoms with E-state index in [0.29, 0.717) is 5.39 Å². The maximum absolute atomic E-state index is 14.1. The Hall–Kier alpha value is -1.97. The van der Waals surface area contributed by atoms with Gasteiger partial charge >= 0.3 is 5.97 Å². The minimum absolute atomic E-state index is 0.102. The molecule has 0 amide bonds. The Morgan fingerprint density at radius 1 is 1.16 bits per heavy atom. The minimum atomic E-state index is -3.13. The van der Waals surface area contributed by atoms with E-state index in [1.54, 1.807) is 30.3 Å². The minimum Gasteiger partial charge on any atom is -0.481 e. The summed E-state index contributed by atoms with van der Waals surface area (Å²) in [6, 6.07) is 9.98. The number of aryl methyl sites for hydroxylation is 1. The zero-order valence-corrected chi connectivity index (χ0v) is 10.5. The SMILES string of the molecule is Cc1ccc(C(F)(F)CCC(=O)O)c2ccccc12. The zero-order chi connectivity index (χ0) is 14.0. The third kappa shape index (κ3) is 2.72. The van der Waals surface area contributed by atoms with Gasteiger partial charge in [0.1, 0.15) is 0 Å². The van der Waals surface area contributed by atoms with Crippen molar-refractivity contribution in [1.29, 1.82) is 0 Å². The molecule has 0 aromatic heterocycles. The molecule has 4 heteroatoms. The normalized spacial score (nSPS) is 11.7. The van der Waals surface area contributed by atoms with E-state index in [-0.39, 0.29) is 5.56 Å². The Bertz CT molecular complexity index is 621. The molecule has 100 valence electrons. The predicted molar refractivity (Wildman–Crippen MR) is 69.4 cm³/mol. The summed E-state index contributed by atoms with van der Waals surface area (Å²) < 4.78 is 28.2. The number of carbonyl (C=O) groups is 1. The van der Waals surface area contributed by atoms with Crippen molar-refractivity contribution < 1.29 is 18.7 Å². The van der Waals surface area contributed by atoms with E-state index in [2.05, 4.69) is 0 Å². The van der Waals surface area contributed by atoms with Crippen molar-refractivity contribution in [3.63, 3.8) is 0 Å².